The first-order chi connectivity index (χ1) is 10.7. The number of aromatic nitrogens is 1. The Labute approximate surface area is 126 Å². The minimum Gasteiger partial charge on any atom is -0.508 e. The molecule has 0 fully saturated rings. The summed E-state index contributed by atoms with van der Waals surface area (Å²) in [6.07, 6.45) is 0. The molecule has 0 atom stereocenters. The Morgan fingerprint density at radius 3 is 2.59 bits per heavy atom. The molecule has 0 unspecified atom stereocenters. The molecule has 0 aliphatic heterocycles. The molecule has 2 N–H and O–H groups in total. The van der Waals surface area contributed by atoms with Crippen molar-refractivity contribution in [2.75, 3.05) is 0 Å². The van der Waals surface area contributed by atoms with E-state index in [-0.39, 0.29) is 12.4 Å². The number of hydrogen-bond donors (Lipinski definition) is 2. The van der Waals surface area contributed by atoms with E-state index in [1.807, 2.05) is 42.5 Å². The van der Waals surface area contributed by atoms with Crippen LogP contribution in [0.4, 0.5) is 0 Å². The van der Waals surface area contributed by atoms with E-state index in [0.717, 1.165) is 27.4 Å². The second-order valence-electron chi connectivity index (χ2n) is 5.23. The van der Waals surface area contributed by atoms with Gasteiger partial charge in [0.05, 0.1) is 6.61 Å². The van der Waals surface area contributed by atoms with Crippen LogP contribution in [0.5, 0.6) is 5.75 Å². The van der Waals surface area contributed by atoms with Gasteiger partial charge in [0.2, 0.25) is 5.89 Å². The highest BCUT2D eigenvalue weighted by atomic mass is 16.3. The molecule has 4 aromatic rings. The maximum Gasteiger partial charge on any atom is 0.227 e. The van der Waals surface area contributed by atoms with Gasteiger partial charge in [-0.3, -0.25) is 0 Å². The smallest absolute Gasteiger partial charge is 0.227 e. The molecule has 0 aliphatic rings. The van der Waals surface area contributed by atoms with Gasteiger partial charge >= 0.3 is 0 Å². The number of hydrogen-bond acceptors (Lipinski definition) is 4. The number of oxazole rings is 1. The van der Waals surface area contributed by atoms with Crippen molar-refractivity contribution in [3.05, 3.63) is 60.2 Å². The van der Waals surface area contributed by atoms with Crippen LogP contribution < -0.4 is 0 Å². The van der Waals surface area contributed by atoms with E-state index < -0.39 is 0 Å². The average Bonchev–Trinajstić information content (AvgIpc) is 2.97. The van der Waals surface area contributed by atoms with Crippen LogP contribution in [-0.4, -0.2) is 15.2 Å². The molecule has 1 aromatic heterocycles. The summed E-state index contributed by atoms with van der Waals surface area (Å²) in [5.41, 5.74) is 3.10. The highest BCUT2D eigenvalue weighted by molar-refractivity contribution is 5.88. The SMILES string of the molecule is OCc1ccc2oc(-c3ccc4cc(O)ccc4c3)nc2c1. The number of phenolic OH excluding ortho intramolecular Hbond substituents is 1. The van der Waals surface area contributed by atoms with Crippen LogP contribution in [0.25, 0.3) is 33.3 Å². The molecule has 108 valence electrons. The van der Waals surface area contributed by atoms with Gasteiger partial charge in [0, 0.05) is 5.56 Å². The molecular formula is C18H13NO3. The van der Waals surface area contributed by atoms with E-state index >= 15 is 0 Å². The highest BCUT2D eigenvalue weighted by Gasteiger charge is 2.09. The van der Waals surface area contributed by atoms with Gasteiger partial charge in [0.1, 0.15) is 11.3 Å². The van der Waals surface area contributed by atoms with E-state index in [2.05, 4.69) is 4.98 Å². The second-order valence-corrected chi connectivity index (χ2v) is 5.23. The molecule has 0 spiro atoms. The van der Waals surface area contributed by atoms with Crippen molar-refractivity contribution >= 4 is 21.9 Å². The summed E-state index contributed by atoms with van der Waals surface area (Å²) in [6, 6.07) is 16.5. The summed E-state index contributed by atoms with van der Waals surface area (Å²) in [5.74, 6) is 0.790. The molecule has 0 radical (unpaired) electrons. The Hall–Kier alpha value is -2.85. The van der Waals surface area contributed by atoms with Crippen LogP contribution in [0.2, 0.25) is 0 Å². The number of aromatic hydroxyl groups is 1. The summed E-state index contributed by atoms with van der Waals surface area (Å²) in [5, 5.41) is 20.7. The summed E-state index contributed by atoms with van der Waals surface area (Å²) < 4.78 is 5.78. The number of aliphatic hydroxyl groups excluding tert-OH is 1. The molecule has 4 nitrogen and oxygen atoms in total. The monoisotopic (exact) mass is 291 g/mol. The van der Waals surface area contributed by atoms with Crippen LogP contribution in [0, 0.1) is 0 Å². The fourth-order valence-electron chi connectivity index (χ4n) is 2.56. The van der Waals surface area contributed by atoms with Crippen LogP contribution >= 0.6 is 0 Å². The first-order valence-corrected chi connectivity index (χ1v) is 6.96. The minimum atomic E-state index is -0.0163. The topological polar surface area (TPSA) is 66.5 Å². The first-order valence-electron chi connectivity index (χ1n) is 6.96. The third kappa shape index (κ3) is 2.10. The van der Waals surface area contributed by atoms with Gasteiger partial charge < -0.3 is 14.6 Å². The Morgan fingerprint density at radius 2 is 1.73 bits per heavy atom. The first kappa shape index (κ1) is 12.9. The van der Waals surface area contributed by atoms with Crippen LogP contribution in [-0.2, 0) is 6.61 Å². The minimum absolute atomic E-state index is 0.0163. The average molecular weight is 291 g/mol. The van der Waals surface area contributed by atoms with Crippen LogP contribution in [0.1, 0.15) is 5.56 Å². The van der Waals surface area contributed by atoms with Crippen LogP contribution in [0.3, 0.4) is 0 Å². The third-order valence-corrected chi connectivity index (χ3v) is 3.71. The van der Waals surface area contributed by atoms with Crippen molar-refractivity contribution < 1.29 is 14.6 Å². The van der Waals surface area contributed by atoms with Gasteiger partial charge in [-0.1, -0.05) is 18.2 Å². The van der Waals surface area contributed by atoms with E-state index in [9.17, 15) is 10.2 Å². The normalized spacial score (nSPS) is 11.3. The fourth-order valence-corrected chi connectivity index (χ4v) is 2.56. The number of nitrogens with zero attached hydrogens (tertiary/aromatic N) is 1. The fraction of sp³-hybridized carbons (Fsp3) is 0.0556. The number of phenols is 1. The molecule has 4 rings (SSSR count). The van der Waals surface area contributed by atoms with Crippen molar-refractivity contribution in [1.29, 1.82) is 0 Å². The van der Waals surface area contributed by atoms with Crippen molar-refractivity contribution in [3.8, 4) is 17.2 Å². The van der Waals surface area contributed by atoms with E-state index in [1.165, 1.54) is 0 Å². The quantitative estimate of drug-likeness (QED) is 0.589. The van der Waals surface area contributed by atoms with E-state index in [0.29, 0.717) is 11.5 Å². The predicted octanol–water partition coefficient (Wildman–Crippen LogP) is 3.85. The lowest BCUT2D eigenvalue weighted by Crippen LogP contribution is -1.81. The number of benzene rings is 3. The van der Waals surface area contributed by atoms with Crippen molar-refractivity contribution in [2.45, 2.75) is 6.61 Å². The molecule has 1 heterocycles. The molecule has 22 heavy (non-hydrogen) atoms. The Balaban J connectivity index is 1.85. The summed E-state index contributed by atoms with van der Waals surface area (Å²) >= 11 is 0. The highest BCUT2D eigenvalue weighted by Crippen LogP contribution is 2.29. The zero-order valence-electron chi connectivity index (χ0n) is 11.7. The standard InChI is InChI=1S/C18H13NO3/c20-10-11-1-6-17-16(7-11)19-18(22-17)14-3-2-13-9-15(21)5-4-12(13)8-14/h1-9,20-21H,10H2. The Morgan fingerprint density at radius 1 is 0.909 bits per heavy atom. The van der Waals surface area contributed by atoms with Gasteiger partial charge in [-0.05, 0) is 52.7 Å². The molecule has 0 bridgehead atoms. The van der Waals surface area contributed by atoms with Gasteiger partial charge in [-0.25, -0.2) is 4.98 Å². The van der Waals surface area contributed by atoms with Crippen molar-refractivity contribution in [3.63, 3.8) is 0 Å². The lowest BCUT2D eigenvalue weighted by Gasteiger charge is -2.01. The van der Waals surface area contributed by atoms with Crippen molar-refractivity contribution in [2.24, 2.45) is 0 Å². The lowest BCUT2D eigenvalue weighted by atomic mass is 10.1. The maximum absolute atomic E-state index is 9.51. The Bertz CT molecular complexity index is 988. The van der Waals surface area contributed by atoms with E-state index in [1.54, 1.807) is 12.1 Å². The zero-order chi connectivity index (χ0) is 15.1. The van der Waals surface area contributed by atoms with Gasteiger partial charge in [-0.2, -0.15) is 0 Å². The predicted molar refractivity (Wildman–Crippen MR) is 84.5 cm³/mol. The molecule has 4 heteroatoms. The number of aliphatic hydroxyl groups is 1. The maximum atomic E-state index is 9.51. The van der Waals surface area contributed by atoms with E-state index in [4.69, 9.17) is 4.42 Å². The van der Waals surface area contributed by atoms with Crippen LogP contribution in [0.15, 0.2) is 59.0 Å². The molecule has 3 aromatic carbocycles. The van der Waals surface area contributed by atoms with Gasteiger partial charge in [0.25, 0.3) is 0 Å². The zero-order valence-corrected chi connectivity index (χ0v) is 11.7. The molecule has 0 amide bonds. The third-order valence-electron chi connectivity index (χ3n) is 3.71. The molecule has 0 saturated carbocycles. The molecular weight excluding hydrogens is 278 g/mol. The van der Waals surface area contributed by atoms with Gasteiger partial charge in [0.15, 0.2) is 5.58 Å². The van der Waals surface area contributed by atoms with Crippen molar-refractivity contribution in [1.82, 2.24) is 4.98 Å². The summed E-state index contributed by atoms with van der Waals surface area (Å²) in [7, 11) is 0. The van der Waals surface area contributed by atoms with Gasteiger partial charge in [-0.15, -0.1) is 0 Å². The second kappa shape index (κ2) is 4.86. The lowest BCUT2D eigenvalue weighted by molar-refractivity contribution is 0.282. The number of fused-ring (bicyclic) bond motifs is 2. The molecule has 0 saturated heterocycles. The summed E-state index contributed by atoms with van der Waals surface area (Å²) in [4.78, 5) is 4.49. The largest absolute Gasteiger partial charge is 0.508 e. The Kier molecular flexibility index (Phi) is 2.84. The summed E-state index contributed by atoms with van der Waals surface area (Å²) in [6.45, 7) is -0.0163. The molecule has 0 aliphatic carbocycles. The number of rotatable bonds is 2.